The standard InChI is InChI=1S/C21H24Cl2N6OS/c1-13(25-20-14-6-12-31-17(14)5-9-28(20)23)19-26-16-4-2-3-15(22)18(16)21(30)29(19)27-10-7-24-8-11-27/h2-4,6,12-13,20,24-25H,5,7-11H2,1H3. The highest BCUT2D eigenvalue weighted by Crippen LogP contribution is 2.34. The maximum Gasteiger partial charge on any atom is 0.281 e. The summed E-state index contributed by atoms with van der Waals surface area (Å²) in [7, 11) is 0. The minimum Gasteiger partial charge on any atom is -0.313 e. The number of hydrogen-bond donors (Lipinski definition) is 2. The molecule has 2 atom stereocenters. The number of halogens is 2. The van der Waals surface area contributed by atoms with Gasteiger partial charge in [0.1, 0.15) is 12.0 Å². The number of nitrogens with zero attached hydrogens (tertiary/aromatic N) is 4. The Labute approximate surface area is 194 Å². The molecule has 2 aliphatic rings. The van der Waals surface area contributed by atoms with Gasteiger partial charge in [0.15, 0.2) is 0 Å². The predicted octanol–water partition coefficient (Wildman–Crippen LogP) is 3.01. The Bertz CT molecular complexity index is 1160. The Morgan fingerprint density at radius 2 is 2.06 bits per heavy atom. The molecule has 4 heterocycles. The van der Waals surface area contributed by atoms with Gasteiger partial charge < -0.3 is 10.3 Å². The molecule has 31 heavy (non-hydrogen) atoms. The fourth-order valence-electron chi connectivity index (χ4n) is 4.37. The van der Waals surface area contributed by atoms with Crippen molar-refractivity contribution in [1.29, 1.82) is 0 Å². The fraction of sp³-hybridized carbons (Fsp3) is 0.429. The van der Waals surface area contributed by atoms with Gasteiger partial charge in [-0.25, -0.2) is 9.66 Å². The van der Waals surface area contributed by atoms with Crippen LogP contribution in [-0.4, -0.2) is 46.8 Å². The van der Waals surface area contributed by atoms with Crippen LogP contribution in [0.2, 0.25) is 5.02 Å². The van der Waals surface area contributed by atoms with Gasteiger partial charge in [0.25, 0.3) is 5.56 Å². The summed E-state index contributed by atoms with van der Waals surface area (Å²) in [6, 6.07) is 7.31. The lowest BCUT2D eigenvalue weighted by Crippen LogP contribution is -2.54. The molecule has 0 bridgehead atoms. The fourth-order valence-corrected chi connectivity index (χ4v) is 5.77. The molecule has 1 aromatic carbocycles. The maximum atomic E-state index is 13.6. The average Bonchev–Trinajstić information content (AvgIpc) is 3.25. The molecular formula is C21H24Cl2N6OS. The summed E-state index contributed by atoms with van der Waals surface area (Å²) in [5, 5.41) is 12.0. The van der Waals surface area contributed by atoms with E-state index < -0.39 is 0 Å². The van der Waals surface area contributed by atoms with Crippen LogP contribution >= 0.6 is 34.7 Å². The Balaban J connectivity index is 1.59. The number of thiophene rings is 1. The van der Waals surface area contributed by atoms with Crippen molar-refractivity contribution >= 4 is 45.6 Å². The molecule has 0 amide bonds. The van der Waals surface area contributed by atoms with Gasteiger partial charge in [-0.3, -0.25) is 10.1 Å². The first kappa shape index (κ1) is 21.2. The van der Waals surface area contributed by atoms with E-state index in [1.54, 1.807) is 26.5 Å². The van der Waals surface area contributed by atoms with Crippen LogP contribution in [0.15, 0.2) is 34.4 Å². The van der Waals surface area contributed by atoms with Crippen LogP contribution in [0.1, 0.15) is 35.4 Å². The lowest BCUT2D eigenvalue weighted by atomic mass is 10.1. The van der Waals surface area contributed by atoms with Crippen LogP contribution < -0.4 is 21.2 Å². The van der Waals surface area contributed by atoms with Gasteiger partial charge in [0.2, 0.25) is 0 Å². The number of rotatable bonds is 4. The van der Waals surface area contributed by atoms with Gasteiger partial charge in [0.05, 0.1) is 22.0 Å². The monoisotopic (exact) mass is 478 g/mol. The minimum atomic E-state index is -0.219. The van der Waals surface area contributed by atoms with Crippen molar-refractivity contribution in [2.45, 2.75) is 25.6 Å². The van der Waals surface area contributed by atoms with Crippen LogP contribution in [0.3, 0.4) is 0 Å². The minimum absolute atomic E-state index is 0.135. The van der Waals surface area contributed by atoms with E-state index in [-0.39, 0.29) is 17.8 Å². The third-order valence-electron chi connectivity index (χ3n) is 5.93. The molecule has 0 spiro atoms. The van der Waals surface area contributed by atoms with Crippen molar-refractivity contribution in [2.24, 2.45) is 0 Å². The Morgan fingerprint density at radius 1 is 1.26 bits per heavy atom. The third-order valence-corrected chi connectivity index (χ3v) is 7.60. The van der Waals surface area contributed by atoms with Crippen molar-refractivity contribution in [2.75, 3.05) is 37.7 Å². The van der Waals surface area contributed by atoms with Crippen LogP contribution in [-0.2, 0) is 6.42 Å². The first-order valence-corrected chi connectivity index (χ1v) is 12.1. The molecule has 2 aromatic heterocycles. The van der Waals surface area contributed by atoms with Gasteiger partial charge in [0, 0.05) is 37.6 Å². The second-order valence-electron chi connectivity index (χ2n) is 7.89. The van der Waals surface area contributed by atoms with E-state index in [9.17, 15) is 4.79 Å². The van der Waals surface area contributed by atoms with Crippen LogP contribution in [0.25, 0.3) is 10.9 Å². The SMILES string of the molecule is CC(NC1c2ccsc2CCN1Cl)c1nc2cccc(Cl)c2c(=O)n1N1CCNCC1. The predicted molar refractivity (Wildman–Crippen MR) is 127 cm³/mol. The van der Waals surface area contributed by atoms with Gasteiger partial charge in [-0.05, 0) is 54.3 Å². The lowest BCUT2D eigenvalue weighted by Gasteiger charge is -2.36. The Hall–Kier alpha value is -1.68. The molecule has 0 radical (unpaired) electrons. The van der Waals surface area contributed by atoms with E-state index in [1.165, 1.54) is 10.4 Å². The summed E-state index contributed by atoms with van der Waals surface area (Å²) in [6.45, 7) is 5.86. The summed E-state index contributed by atoms with van der Waals surface area (Å²) in [4.78, 5) is 19.8. The number of nitrogens with one attached hydrogen (secondary N) is 2. The van der Waals surface area contributed by atoms with E-state index in [2.05, 4.69) is 27.1 Å². The zero-order valence-electron chi connectivity index (χ0n) is 17.1. The zero-order valence-corrected chi connectivity index (χ0v) is 19.5. The zero-order chi connectivity index (χ0) is 21.5. The van der Waals surface area contributed by atoms with Crippen molar-refractivity contribution in [3.05, 3.63) is 61.3 Å². The van der Waals surface area contributed by atoms with Gasteiger partial charge >= 0.3 is 0 Å². The molecule has 1 saturated heterocycles. The lowest BCUT2D eigenvalue weighted by molar-refractivity contribution is 0.250. The van der Waals surface area contributed by atoms with Crippen molar-refractivity contribution in [1.82, 2.24) is 24.7 Å². The number of aromatic nitrogens is 2. The van der Waals surface area contributed by atoms with Gasteiger partial charge in [-0.2, -0.15) is 4.42 Å². The van der Waals surface area contributed by atoms with E-state index in [0.29, 0.717) is 21.7 Å². The number of piperazine rings is 1. The molecule has 2 N–H and O–H groups in total. The molecular weight excluding hydrogens is 455 g/mol. The van der Waals surface area contributed by atoms with E-state index in [1.807, 2.05) is 19.1 Å². The summed E-state index contributed by atoms with van der Waals surface area (Å²) in [6.07, 6.45) is 0.802. The topological polar surface area (TPSA) is 65.4 Å². The molecule has 164 valence electrons. The highest BCUT2D eigenvalue weighted by atomic mass is 35.5. The van der Waals surface area contributed by atoms with E-state index >= 15 is 0 Å². The quantitative estimate of drug-likeness (QED) is 0.561. The third kappa shape index (κ3) is 3.86. The molecule has 10 heteroatoms. The smallest absolute Gasteiger partial charge is 0.281 e. The van der Waals surface area contributed by atoms with Crippen LogP contribution in [0.5, 0.6) is 0 Å². The summed E-state index contributed by atoms with van der Waals surface area (Å²) in [5.41, 5.74) is 1.66. The average molecular weight is 479 g/mol. The van der Waals surface area contributed by atoms with E-state index in [4.69, 9.17) is 28.4 Å². The van der Waals surface area contributed by atoms with Crippen molar-refractivity contribution in [3.8, 4) is 0 Å². The first-order chi connectivity index (χ1) is 15.0. The molecule has 3 aromatic rings. The van der Waals surface area contributed by atoms with Crippen LogP contribution in [0.4, 0.5) is 0 Å². The first-order valence-electron chi connectivity index (χ1n) is 10.5. The highest BCUT2D eigenvalue weighted by molar-refractivity contribution is 7.10. The molecule has 1 fully saturated rings. The van der Waals surface area contributed by atoms with Gasteiger partial charge in [-0.15, -0.1) is 11.3 Å². The van der Waals surface area contributed by atoms with Crippen molar-refractivity contribution in [3.63, 3.8) is 0 Å². The molecule has 5 rings (SSSR count). The second kappa shape index (κ2) is 8.69. The second-order valence-corrected chi connectivity index (χ2v) is 9.73. The Kier molecular flexibility index (Phi) is 5.94. The van der Waals surface area contributed by atoms with Gasteiger partial charge in [-0.1, -0.05) is 17.7 Å². The summed E-state index contributed by atoms with van der Waals surface area (Å²) >= 11 is 14.7. The van der Waals surface area contributed by atoms with Crippen LogP contribution in [0, 0.1) is 0 Å². The molecule has 2 unspecified atom stereocenters. The highest BCUT2D eigenvalue weighted by Gasteiger charge is 2.31. The maximum absolute atomic E-state index is 13.6. The normalized spacial score (nSPS) is 20.7. The molecule has 0 aliphatic carbocycles. The molecule has 2 aliphatic heterocycles. The number of fused-ring (bicyclic) bond motifs is 2. The molecule has 0 saturated carbocycles. The molecule has 7 nitrogen and oxygen atoms in total. The summed E-state index contributed by atoms with van der Waals surface area (Å²) in [5.74, 6) is 0.661. The van der Waals surface area contributed by atoms with E-state index in [0.717, 1.165) is 39.1 Å². The van der Waals surface area contributed by atoms with Crippen molar-refractivity contribution < 1.29 is 0 Å². The Morgan fingerprint density at radius 3 is 2.87 bits per heavy atom. The summed E-state index contributed by atoms with van der Waals surface area (Å²) < 4.78 is 3.51. The number of hydrogen-bond acceptors (Lipinski definition) is 7. The largest absolute Gasteiger partial charge is 0.313 e. The number of benzene rings is 1.